The van der Waals surface area contributed by atoms with Crippen LogP contribution in [0.4, 0.5) is 4.39 Å². The Labute approximate surface area is 78.2 Å². The Morgan fingerprint density at radius 1 is 1.46 bits per heavy atom. The van der Waals surface area contributed by atoms with Gasteiger partial charge in [-0.3, -0.25) is 0 Å². The Morgan fingerprint density at radius 3 is 2.69 bits per heavy atom. The maximum atomic E-state index is 12.8. The molecular weight excluding hydrogens is 167 g/mol. The highest BCUT2D eigenvalue weighted by Crippen LogP contribution is 2.11. The van der Waals surface area contributed by atoms with E-state index in [0.29, 0.717) is 0 Å². The third-order valence-corrected chi connectivity index (χ3v) is 1.84. The molecule has 0 fully saturated rings. The molecule has 0 aliphatic rings. The van der Waals surface area contributed by atoms with Gasteiger partial charge in [0.15, 0.2) is 0 Å². The van der Waals surface area contributed by atoms with E-state index in [1.54, 1.807) is 6.07 Å². The van der Waals surface area contributed by atoms with Gasteiger partial charge >= 0.3 is 0 Å². The summed E-state index contributed by atoms with van der Waals surface area (Å²) in [4.78, 5) is 1.98. The fraction of sp³-hybridized carbons (Fsp3) is 0.400. The van der Waals surface area contributed by atoms with Crippen molar-refractivity contribution in [2.24, 2.45) is 5.73 Å². The molecule has 0 aliphatic carbocycles. The first-order valence-corrected chi connectivity index (χ1v) is 4.25. The van der Waals surface area contributed by atoms with E-state index in [1.165, 1.54) is 12.1 Å². The molecule has 1 aromatic carbocycles. The molecule has 72 valence electrons. The van der Waals surface area contributed by atoms with Gasteiger partial charge in [0.2, 0.25) is 0 Å². The summed E-state index contributed by atoms with van der Waals surface area (Å²) in [5.74, 6) is -0.230. The topological polar surface area (TPSA) is 29.3 Å². The van der Waals surface area contributed by atoms with Gasteiger partial charge in [-0.15, -0.1) is 0 Å². The maximum Gasteiger partial charge on any atom is 0.123 e. The van der Waals surface area contributed by atoms with Crippen molar-refractivity contribution in [3.05, 3.63) is 35.6 Å². The van der Waals surface area contributed by atoms with Crippen LogP contribution in [0.25, 0.3) is 0 Å². The highest BCUT2D eigenvalue weighted by Gasteiger charge is 2.06. The van der Waals surface area contributed by atoms with Crippen molar-refractivity contribution in [3.8, 4) is 0 Å². The summed E-state index contributed by atoms with van der Waals surface area (Å²) in [5, 5.41) is 0. The average molecular weight is 182 g/mol. The zero-order valence-corrected chi connectivity index (χ0v) is 8.00. The van der Waals surface area contributed by atoms with Crippen molar-refractivity contribution in [1.82, 2.24) is 4.90 Å². The summed E-state index contributed by atoms with van der Waals surface area (Å²) >= 11 is 0. The SMILES string of the molecule is CN(C)CC(N)c1cccc(F)c1. The van der Waals surface area contributed by atoms with Gasteiger partial charge in [0.05, 0.1) is 0 Å². The Kier molecular flexibility index (Phi) is 3.39. The molecule has 1 unspecified atom stereocenters. The van der Waals surface area contributed by atoms with Crippen molar-refractivity contribution in [2.45, 2.75) is 6.04 Å². The second-order valence-corrected chi connectivity index (χ2v) is 3.42. The van der Waals surface area contributed by atoms with Gasteiger partial charge in [-0.2, -0.15) is 0 Å². The molecule has 3 heteroatoms. The number of rotatable bonds is 3. The Morgan fingerprint density at radius 2 is 2.15 bits per heavy atom. The van der Waals surface area contributed by atoms with E-state index in [1.807, 2.05) is 25.1 Å². The molecule has 0 heterocycles. The Bertz CT molecular complexity index is 273. The van der Waals surface area contributed by atoms with Crippen molar-refractivity contribution in [1.29, 1.82) is 0 Å². The summed E-state index contributed by atoms with van der Waals surface area (Å²) < 4.78 is 12.8. The highest BCUT2D eigenvalue weighted by atomic mass is 19.1. The smallest absolute Gasteiger partial charge is 0.123 e. The molecule has 0 saturated heterocycles. The lowest BCUT2D eigenvalue weighted by atomic mass is 10.1. The molecule has 0 aromatic heterocycles. The van der Waals surface area contributed by atoms with Crippen LogP contribution >= 0.6 is 0 Å². The fourth-order valence-electron chi connectivity index (χ4n) is 1.24. The molecule has 1 rings (SSSR count). The number of likely N-dealkylation sites (N-methyl/N-ethyl adjacent to an activating group) is 1. The minimum absolute atomic E-state index is 0.120. The monoisotopic (exact) mass is 182 g/mol. The molecule has 2 N–H and O–H groups in total. The minimum Gasteiger partial charge on any atom is -0.323 e. The number of benzene rings is 1. The molecule has 1 aromatic rings. The molecule has 13 heavy (non-hydrogen) atoms. The zero-order chi connectivity index (χ0) is 9.84. The quantitative estimate of drug-likeness (QED) is 0.765. The number of nitrogens with zero attached hydrogens (tertiary/aromatic N) is 1. The molecule has 2 nitrogen and oxygen atoms in total. The molecule has 0 spiro atoms. The zero-order valence-electron chi connectivity index (χ0n) is 8.00. The van der Waals surface area contributed by atoms with Crippen LogP contribution in [0.3, 0.4) is 0 Å². The molecule has 1 atom stereocenters. The van der Waals surface area contributed by atoms with Gasteiger partial charge in [0.25, 0.3) is 0 Å². The van der Waals surface area contributed by atoms with E-state index < -0.39 is 0 Å². The van der Waals surface area contributed by atoms with Gasteiger partial charge in [-0.25, -0.2) is 4.39 Å². The van der Waals surface area contributed by atoms with E-state index in [4.69, 9.17) is 5.73 Å². The lowest BCUT2D eigenvalue weighted by molar-refractivity contribution is 0.376. The summed E-state index contributed by atoms with van der Waals surface area (Å²) in [6, 6.07) is 6.31. The molecule has 0 bridgehead atoms. The summed E-state index contributed by atoms with van der Waals surface area (Å²) in [5.41, 5.74) is 6.70. The largest absolute Gasteiger partial charge is 0.323 e. The molecule has 0 amide bonds. The lowest BCUT2D eigenvalue weighted by Crippen LogP contribution is -2.25. The molecule has 0 saturated carbocycles. The van der Waals surface area contributed by atoms with Gasteiger partial charge in [-0.05, 0) is 31.8 Å². The summed E-state index contributed by atoms with van der Waals surface area (Å²) in [6.45, 7) is 0.726. The second-order valence-electron chi connectivity index (χ2n) is 3.42. The van der Waals surface area contributed by atoms with Crippen LogP contribution in [0.5, 0.6) is 0 Å². The summed E-state index contributed by atoms with van der Waals surface area (Å²) in [7, 11) is 3.89. The number of hydrogen-bond acceptors (Lipinski definition) is 2. The normalized spacial score (nSPS) is 13.3. The van der Waals surface area contributed by atoms with Crippen molar-refractivity contribution in [3.63, 3.8) is 0 Å². The molecule has 0 radical (unpaired) electrons. The average Bonchev–Trinajstić information content (AvgIpc) is 2.03. The third-order valence-electron chi connectivity index (χ3n) is 1.84. The molecular formula is C10H15FN2. The van der Waals surface area contributed by atoms with Crippen LogP contribution in [-0.2, 0) is 0 Å². The van der Waals surface area contributed by atoms with Crippen LogP contribution in [0.15, 0.2) is 24.3 Å². The fourth-order valence-corrected chi connectivity index (χ4v) is 1.24. The van der Waals surface area contributed by atoms with Crippen LogP contribution < -0.4 is 5.73 Å². The minimum atomic E-state index is -0.230. The molecule has 0 aliphatic heterocycles. The van der Waals surface area contributed by atoms with Crippen LogP contribution in [0, 0.1) is 5.82 Å². The number of hydrogen-bond donors (Lipinski definition) is 1. The van der Waals surface area contributed by atoms with Gasteiger partial charge in [0.1, 0.15) is 5.82 Å². The highest BCUT2D eigenvalue weighted by molar-refractivity contribution is 5.19. The van der Waals surface area contributed by atoms with E-state index in [2.05, 4.69) is 0 Å². The van der Waals surface area contributed by atoms with Crippen molar-refractivity contribution >= 4 is 0 Å². The van der Waals surface area contributed by atoms with Gasteiger partial charge in [-0.1, -0.05) is 12.1 Å². The first kappa shape index (κ1) is 10.2. The van der Waals surface area contributed by atoms with Crippen molar-refractivity contribution in [2.75, 3.05) is 20.6 Å². The number of halogens is 1. The lowest BCUT2D eigenvalue weighted by Gasteiger charge is -2.16. The van der Waals surface area contributed by atoms with Gasteiger partial charge in [0, 0.05) is 12.6 Å². The van der Waals surface area contributed by atoms with Crippen LogP contribution in [-0.4, -0.2) is 25.5 Å². The first-order valence-electron chi connectivity index (χ1n) is 4.25. The van der Waals surface area contributed by atoms with Crippen LogP contribution in [0.2, 0.25) is 0 Å². The van der Waals surface area contributed by atoms with E-state index in [9.17, 15) is 4.39 Å². The van der Waals surface area contributed by atoms with Crippen molar-refractivity contribution < 1.29 is 4.39 Å². The van der Waals surface area contributed by atoms with E-state index in [0.717, 1.165) is 12.1 Å². The summed E-state index contributed by atoms with van der Waals surface area (Å²) in [6.07, 6.45) is 0. The maximum absolute atomic E-state index is 12.8. The first-order chi connectivity index (χ1) is 6.09. The van der Waals surface area contributed by atoms with Crippen LogP contribution in [0.1, 0.15) is 11.6 Å². The van der Waals surface area contributed by atoms with E-state index >= 15 is 0 Å². The van der Waals surface area contributed by atoms with E-state index in [-0.39, 0.29) is 11.9 Å². The third kappa shape index (κ3) is 3.13. The standard InChI is InChI=1S/C10H15FN2/c1-13(2)7-10(12)8-4-3-5-9(11)6-8/h3-6,10H,7,12H2,1-2H3. The Hall–Kier alpha value is -0.930. The predicted molar refractivity (Wildman–Crippen MR) is 51.9 cm³/mol. The second kappa shape index (κ2) is 4.35. The predicted octanol–water partition coefficient (Wildman–Crippen LogP) is 1.39. The Balaban J connectivity index is 2.71. The number of nitrogens with two attached hydrogens (primary N) is 1. The van der Waals surface area contributed by atoms with Gasteiger partial charge < -0.3 is 10.6 Å².